The van der Waals surface area contributed by atoms with Gasteiger partial charge in [-0.15, -0.1) is 0 Å². The summed E-state index contributed by atoms with van der Waals surface area (Å²) in [6.45, 7) is 4.15. The fourth-order valence-electron chi connectivity index (χ4n) is 1.50. The summed E-state index contributed by atoms with van der Waals surface area (Å²) in [6, 6.07) is -0.818. The summed E-state index contributed by atoms with van der Waals surface area (Å²) < 4.78 is 0. The van der Waals surface area contributed by atoms with Crippen LogP contribution in [0.3, 0.4) is 0 Å². The number of carboxylic acid groups (broad SMARTS) is 1. The van der Waals surface area contributed by atoms with Gasteiger partial charge in [0.25, 0.3) is 0 Å². The molecule has 0 spiro atoms. The maximum absolute atomic E-state index is 11.4. The molecule has 0 rings (SSSR count). The molecule has 0 radical (unpaired) electrons. The highest BCUT2D eigenvalue weighted by Crippen LogP contribution is 2.14. The second-order valence-electron chi connectivity index (χ2n) is 4.02. The Bertz CT molecular complexity index is 231. The zero-order valence-corrected chi connectivity index (χ0v) is 10.0. The molecule has 0 aromatic heterocycles. The molecule has 0 saturated heterocycles. The first-order valence-corrected chi connectivity index (χ1v) is 5.73. The molecule has 4 N–H and O–H groups in total. The lowest BCUT2D eigenvalue weighted by atomic mass is 9.96. The summed E-state index contributed by atoms with van der Waals surface area (Å²) in [5.74, 6) is -0.761. The average Bonchev–Trinajstić information content (AvgIpc) is 2.23. The van der Waals surface area contributed by atoms with Gasteiger partial charge in [0.15, 0.2) is 0 Å². The van der Waals surface area contributed by atoms with E-state index < -0.39 is 12.0 Å². The summed E-state index contributed by atoms with van der Waals surface area (Å²) in [7, 11) is 0. The van der Waals surface area contributed by atoms with Gasteiger partial charge in [-0.1, -0.05) is 13.3 Å². The van der Waals surface area contributed by atoms with Crippen LogP contribution in [-0.2, 0) is 9.59 Å². The number of nitrogens with two attached hydrogens (primary N) is 1. The average molecular weight is 230 g/mol. The Morgan fingerprint density at radius 3 is 2.44 bits per heavy atom. The first kappa shape index (κ1) is 14.9. The Labute approximate surface area is 96.4 Å². The minimum Gasteiger partial charge on any atom is -0.480 e. The van der Waals surface area contributed by atoms with Gasteiger partial charge in [-0.05, 0) is 32.2 Å². The third-order valence-electron chi connectivity index (χ3n) is 2.68. The lowest BCUT2D eigenvalue weighted by Crippen LogP contribution is -2.38. The number of carboxylic acids is 1. The van der Waals surface area contributed by atoms with Crippen LogP contribution in [0.25, 0.3) is 0 Å². The number of nitrogens with one attached hydrogen (secondary N) is 1. The molecule has 2 atom stereocenters. The van der Waals surface area contributed by atoms with E-state index in [0.717, 1.165) is 19.3 Å². The maximum atomic E-state index is 11.4. The van der Waals surface area contributed by atoms with Crippen LogP contribution in [0.2, 0.25) is 0 Å². The molecule has 0 aliphatic rings. The molecular weight excluding hydrogens is 208 g/mol. The van der Waals surface area contributed by atoms with E-state index in [1.54, 1.807) is 0 Å². The SMILES string of the molecule is CCC(CCN)CCC(=O)N[C@@H](C)C(=O)O. The van der Waals surface area contributed by atoms with Gasteiger partial charge >= 0.3 is 5.97 Å². The number of aliphatic carboxylic acids is 1. The number of carbonyl (C=O) groups excluding carboxylic acids is 1. The minimum absolute atomic E-state index is 0.203. The lowest BCUT2D eigenvalue weighted by Gasteiger charge is -2.14. The molecule has 0 fully saturated rings. The molecule has 1 unspecified atom stereocenters. The Kier molecular flexibility index (Phi) is 7.54. The van der Waals surface area contributed by atoms with Crippen molar-refractivity contribution in [3.05, 3.63) is 0 Å². The second-order valence-corrected chi connectivity index (χ2v) is 4.02. The maximum Gasteiger partial charge on any atom is 0.325 e. The van der Waals surface area contributed by atoms with Gasteiger partial charge in [-0.2, -0.15) is 0 Å². The molecule has 16 heavy (non-hydrogen) atoms. The topological polar surface area (TPSA) is 92.4 Å². The second kappa shape index (κ2) is 8.10. The summed E-state index contributed by atoms with van der Waals surface area (Å²) in [6.07, 6.45) is 3.05. The lowest BCUT2D eigenvalue weighted by molar-refractivity contribution is -0.141. The molecule has 0 aromatic carbocycles. The quantitative estimate of drug-likeness (QED) is 0.573. The Hall–Kier alpha value is -1.10. The number of rotatable bonds is 8. The third kappa shape index (κ3) is 6.40. The van der Waals surface area contributed by atoms with Crippen LogP contribution in [0, 0.1) is 5.92 Å². The Morgan fingerprint density at radius 2 is 2.00 bits per heavy atom. The van der Waals surface area contributed by atoms with E-state index in [2.05, 4.69) is 12.2 Å². The van der Waals surface area contributed by atoms with Gasteiger partial charge in [-0.25, -0.2) is 0 Å². The summed E-state index contributed by atoms with van der Waals surface area (Å²) in [4.78, 5) is 21.9. The fraction of sp³-hybridized carbons (Fsp3) is 0.818. The van der Waals surface area contributed by atoms with E-state index >= 15 is 0 Å². The first-order valence-electron chi connectivity index (χ1n) is 5.73. The van der Waals surface area contributed by atoms with Crippen LogP contribution in [0.1, 0.15) is 39.5 Å². The van der Waals surface area contributed by atoms with Gasteiger partial charge in [0.05, 0.1) is 0 Å². The van der Waals surface area contributed by atoms with Crippen molar-refractivity contribution in [1.29, 1.82) is 0 Å². The van der Waals surface area contributed by atoms with E-state index in [4.69, 9.17) is 10.8 Å². The molecule has 0 aliphatic carbocycles. The van der Waals surface area contributed by atoms with Gasteiger partial charge < -0.3 is 16.2 Å². The molecule has 0 heterocycles. The summed E-state index contributed by atoms with van der Waals surface area (Å²) in [5, 5.41) is 11.0. The van der Waals surface area contributed by atoms with E-state index in [1.165, 1.54) is 6.92 Å². The van der Waals surface area contributed by atoms with Crippen molar-refractivity contribution in [1.82, 2.24) is 5.32 Å². The van der Waals surface area contributed by atoms with Crippen LogP contribution in [0.15, 0.2) is 0 Å². The molecule has 0 bridgehead atoms. The molecule has 1 amide bonds. The molecule has 5 heteroatoms. The Morgan fingerprint density at radius 1 is 1.38 bits per heavy atom. The third-order valence-corrected chi connectivity index (χ3v) is 2.68. The zero-order valence-electron chi connectivity index (χ0n) is 10.0. The number of hydrogen-bond acceptors (Lipinski definition) is 3. The van der Waals surface area contributed by atoms with Crippen molar-refractivity contribution >= 4 is 11.9 Å². The number of amides is 1. The molecule has 5 nitrogen and oxygen atoms in total. The largest absolute Gasteiger partial charge is 0.480 e. The fourth-order valence-corrected chi connectivity index (χ4v) is 1.50. The highest BCUT2D eigenvalue weighted by molar-refractivity contribution is 5.83. The molecule has 0 aromatic rings. The minimum atomic E-state index is -1.01. The van der Waals surface area contributed by atoms with Crippen LogP contribution >= 0.6 is 0 Å². The van der Waals surface area contributed by atoms with E-state index in [-0.39, 0.29) is 5.91 Å². The summed E-state index contributed by atoms with van der Waals surface area (Å²) >= 11 is 0. The van der Waals surface area contributed by atoms with Gasteiger partial charge in [0, 0.05) is 6.42 Å². The number of hydrogen-bond donors (Lipinski definition) is 3. The van der Waals surface area contributed by atoms with Crippen LogP contribution in [0.5, 0.6) is 0 Å². The van der Waals surface area contributed by atoms with Crippen LogP contribution in [0.4, 0.5) is 0 Å². The first-order chi connectivity index (χ1) is 7.51. The smallest absolute Gasteiger partial charge is 0.325 e. The van der Waals surface area contributed by atoms with Gasteiger partial charge in [0.2, 0.25) is 5.91 Å². The van der Waals surface area contributed by atoms with Crippen molar-refractivity contribution < 1.29 is 14.7 Å². The van der Waals surface area contributed by atoms with E-state index in [0.29, 0.717) is 18.9 Å². The normalized spacial score (nSPS) is 14.2. The van der Waals surface area contributed by atoms with Gasteiger partial charge in [-0.3, -0.25) is 9.59 Å². The van der Waals surface area contributed by atoms with Crippen molar-refractivity contribution in [2.75, 3.05) is 6.54 Å². The van der Waals surface area contributed by atoms with Gasteiger partial charge in [0.1, 0.15) is 6.04 Å². The number of carbonyl (C=O) groups is 2. The zero-order chi connectivity index (χ0) is 12.6. The highest BCUT2D eigenvalue weighted by atomic mass is 16.4. The predicted octanol–water partition coefficient (Wildman–Crippen LogP) is 0.731. The van der Waals surface area contributed by atoms with Crippen LogP contribution < -0.4 is 11.1 Å². The molecular formula is C11H22N2O3. The van der Waals surface area contributed by atoms with Crippen molar-refractivity contribution in [2.45, 2.75) is 45.6 Å². The predicted molar refractivity (Wildman–Crippen MR) is 61.9 cm³/mol. The summed E-state index contributed by atoms with van der Waals surface area (Å²) in [5.41, 5.74) is 5.45. The van der Waals surface area contributed by atoms with Crippen molar-refractivity contribution in [2.24, 2.45) is 11.7 Å². The Balaban J connectivity index is 3.83. The standard InChI is InChI=1S/C11H22N2O3/c1-3-9(6-7-12)4-5-10(14)13-8(2)11(15)16/h8-9H,3-7,12H2,1-2H3,(H,13,14)(H,15,16)/t8-,9?/m0/s1. The van der Waals surface area contributed by atoms with E-state index in [1.807, 2.05) is 0 Å². The van der Waals surface area contributed by atoms with Crippen molar-refractivity contribution in [3.8, 4) is 0 Å². The molecule has 0 aliphatic heterocycles. The molecule has 94 valence electrons. The highest BCUT2D eigenvalue weighted by Gasteiger charge is 2.14. The van der Waals surface area contributed by atoms with Crippen molar-refractivity contribution in [3.63, 3.8) is 0 Å². The van der Waals surface area contributed by atoms with Crippen LogP contribution in [-0.4, -0.2) is 29.6 Å². The van der Waals surface area contributed by atoms with E-state index in [9.17, 15) is 9.59 Å². The molecule has 0 saturated carbocycles. The monoisotopic (exact) mass is 230 g/mol.